The SMILES string of the molecule is Cn1nccc1Nc1ncc(Cl)c(-c2cc3n(c2)CCCNC3=O)n1. The monoisotopic (exact) mass is 357 g/mol. The summed E-state index contributed by atoms with van der Waals surface area (Å²) in [5, 5.41) is 10.5. The Morgan fingerprint density at radius 1 is 1.40 bits per heavy atom. The Balaban J connectivity index is 1.71. The minimum absolute atomic E-state index is 0.0813. The van der Waals surface area contributed by atoms with E-state index >= 15 is 0 Å². The average Bonchev–Trinajstić information content (AvgIpc) is 3.16. The molecule has 0 aromatic carbocycles. The number of carbonyl (C=O) groups is 1. The van der Waals surface area contributed by atoms with Crippen LogP contribution in [0.2, 0.25) is 5.02 Å². The molecule has 0 saturated carbocycles. The van der Waals surface area contributed by atoms with Gasteiger partial charge in [-0.05, 0) is 12.5 Å². The van der Waals surface area contributed by atoms with E-state index in [0.29, 0.717) is 28.9 Å². The summed E-state index contributed by atoms with van der Waals surface area (Å²) in [7, 11) is 1.82. The van der Waals surface area contributed by atoms with Gasteiger partial charge in [-0.15, -0.1) is 0 Å². The van der Waals surface area contributed by atoms with Gasteiger partial charge in [0.05, 0.1) is 23.1 Å². The Morgan fingerprint density at radius 2 is 2.28 bits per heavy atom. The Hall–Kier alpha value is -2.87. The molecule has 1 aliphatic rings. The number of fused-ring (bicyclic) bond motifs is 1. The van der Waals surface area contributed by atoms with Gasteiger partial charge in [0.15, 0.2) is 0 Å². The van der Waals surface area contributed by atoms with Gasteiger partial charge >= 0.3 is 0 Å². The first kappa shape index (κ1) is 15.6. The fourth-order valence-corrected chi connectivity index (χ4v) is 3.00. The molecule has 8 nitrogen and oxygen atoms in total. The number of carbonyl (C=O) groups excluding carboxylic acids is 1. The van der Waals surface area contributed by atoms with Crippen molar-refractivity contribution >= 4 is 29.3 Å². The highest BCUT2D eigenvalue weighted by molar-refractivity contribution is 6.33. The van der Waals surface area contributed by atoms with Gasteiger partial charge in [-0.25, -0.2) is 9.97 Å². The summed E-state index contributed by atoms with van der Waals surface area (Å²) in [5.74, 6) is 1.09. The van der Waals surface area contributed by atoms with Gasteiger partial charge in [0.1, 0.15) is 11.5 Å². The van der Waals surface area contributed by atoms with Gasteiger partial charge in [0.2, 0.25) is 5.95 Å². The molecule has 0 unspecified atom stereocenters. The third-order valence-electron chi connectivity index (χ3n) is 4.07. The second kappa shape index (κ2) is 6.21. The lowest BCUT2D eigenvalue weighted by Crippen LogP contribution is -2.22. The van der Waals surface area contributed by atoms with E-state index in [1.807, 2.05) is 29.9 Å². The highest BCUT2D eigenvalue weighted by atomic mass is 35.5. The van der Waals surface area contributed by atoms with Crippen molar-refractivity contribution < 1.29 is 4.79 Å². The van der Waals surface area contributed by atoms with Crippen molar-refractivity contribution in [2.75, 3.05) is 11.9 Å². The van der Waals surface area contributed by atoms with Gasteiger partial charge in [-0.3, -0.25) is 9.48 Å². The van der Waals surface area contributed by atoms with Crippen LogP contribution in [0.1, 0.15) is 16.9 Å². The average molecular weight is 358 g/mol. The number of aromatic nitrogens is 5. The van der Waals surface area contributed by atoms with E-state index in [2.05, 4.69) is 25.7 Å². The molecule has 4 rings (SSSR count). The molecule has 0 fully saturated rings. The Bertz CT molecular complexity index is 946. The minimum atomic E-state index is -0.0813. The van der Waals surface area contributed by atoms with E-state index in [9.17, 15) is 4.79 Å². The summed E-state index contributed by atoms with van der Waals surface area (Å²) in [4.78, 5) is 20.9. The topological polar surface area (TPSA) is 89.7 Å². The largest absolute Gasteiger partial charge is 0.351 e. The number of halogens is 1. The highest BCUT2D eigenvalue weighted by Crippen LogP contribution is 2.29. The summed E-state index contributed by atoms with van der Waals surface area (Å²) in [5.41, 5.74) is 1.98. The van der Waals surface area contributed by atoms with E-state index < -0.39 is 0 Å². The van der Waals surface area contributed by atoms with Crippen LogP contribution in [0.25, 0.3) is 11.3 Å². The van der Waals surface area contributed by atoms with Crippen LogP contribution < -0.4 is 10.6 Å². The van der Waals surface area contributed by atoms with E-state index in [-0.39, 0.29) is 5.91 Å². The zero-order valence-electron chi connectivity index (χ0n) is 13.5. The number of amides is 1. The predicted molar refractivity (Wildman–Crippen MR) is 93.9 cm³/mol. The molecule has 2 N–H and O–H groups in total. The molecular weight excluding hydrogens is 342 g/mol. The number of nitrogens with one attached hydrogen (secondary N) is 2. The lowest BCUT2D eigenvalue weighted by molar-refractivity contribution is 0.0951. The van der Waals surface area contributed by atoms with Crippen LogP contribution in [0.15, 0.2) is 30.7 Å². The molecule has 9 heteroatoms. The second-order valence-corrected chi connectivity index (χ2v) is 6.18. The predicted octanol–water partition coefficient (Wildman–Crippen LogP) is 2.21. The second-order valence-electron chi connectivity index (χ2n) is 5.77. The fourth-order valence-electron chi connectivity index (χ4n) is 2.80. The maximum Gasteiger partial charge on any atom is 0.267 e. The molecule has 25 heavy (non-hydrogen) atoms. The summed E-state index contributed by atoms with van der Waals surface area (Å²) < 4.78 is 3.62. The first-order valence-corrected chi connectivity index (χ1v) is 8.26. The number of anilines is 2. The van der Waals surface area contributed by atoms with Crippen LogP contribution in [0.4, 0.5) is 11.8 Å². The van der Waals surface area contributed by atoms with Crippen LogP contribution in [0.3, 0.4) is 0 Å². The number of rotatable bonds is 3. The summed E-state index contributed by atoms with van der Waals surface area (Å²) >= 11 is 6.30. The highest BCUT2D eigenvalue weighted by Gasteiger charge is 2.19. The van der Waals surface area contributed by atoms with Gasteiger partial charge in [0, 0.05) is 38.0 Å². The molecule has 3 aromatic rings. The lowest BCUT2D eigenvalue weighted by atomic mass is 10.2. The zero-order chi connectivity index (χ0) is 17.4. The normalized spacial score (nSPS) is 13.9. The van der Waals surface area contributed by atoms with Crippen molar-refractivity contribution in [2.24, 2.45) is 7.05 Å². The molecule has 1 aliphatic heterocycles. The van der Waals surface area contributed by atoms with Crippen molar-refractivity contribution in [1.82, 2.24) is 29.6 Å². The Morgan fingerprint density at radius 3 is 3.08 bits per heavy atom. The maximum absolute atomic E-state index is 12.1. The molecular formula is C16H16ClN7O. The molecule has 0 atom stereocenters. The first-order valence-electron chi connectivity index (χ1n) is 7.88. The zero-order valence-corrected chi connectivity index (χ0v) is 14.3. The summed E-state index contributed by atoms with van der Waals surface area (Å²) in [6.07, 6.45) is 6.02. The molecule has 0 bridgehead atoms. The quantitative estimate of drug-likeness (QED) is 0.750. The van der Waals surface area contributed by atoms with Crippen molar-refractivity contribution in [3.8, 4) is 11.3 Å². The fraction of sp³-hybridized carbons (Fsp3) is 0.250. The van der Waals surface area contributed by atoms with E-state index in [4.69, 9.17) is 11.6 Å². The molecule has 1 amide bonds. The van der Waals surface area contributed by atoms with Crippen molar-refractivity contribution in [3.05, 3.63) is 41.4 Å². The lowest BCUT2D eigenvalue weighted by Gasteiger charge is -2.07. The van der Waals surface area contributed by atoms with Gasteiger partial charge in [-0.2, -0.15) is 5.10 Å². The standard InChI is InChI=1S/C16H16ClN7O/c1-23-13(3-5-20-23)21-16-19-8-11(17)14(22-16)10-7-12-15(25)18-4-2-6-24(12)9-10/h3,5,7-9H,2,4,6H2,1H3,(H,18,25)(H,19,21,22). The number of hydrogen-bond donors (Lipinski definition) is 2. The van der Waals surface area contributed by atoms with Crippen molar-refractivity contribution in [1.29, 1.82) is 0 Å². The van der Waals surface area contributed by atoms with Crippen molar-refractivity contribution in [3.63, 3.8) is 0 Å². The molecule has 128 valence electrons. The molecule has 0 radical (unpaired) electrons. The Labute approximate surface area is 148 Å². The maximum atomic E-state index is 12.1. The molecule has 0 saturated heterocycles. The van der Waals surface area contributed by atoms with Gasteiger partial charge < -0.3 is 15.2 Å². The summed E-state index contributed by atoms with van der Waals surface area (Å²) in [6, 6.07) is 3.63. The third kappa shape index (κ3) is 2.96. The number of nitrogens with zero attached hydrogens (tertiary/aromatic N) is 5. The van der Waals surface area contributed by atoms with Crippen LogP contribution >= 0.6 is 11.6 Å². The van der Waals surface area contributed by atoms with Gasteiger partial charge in [0.25, 0.3) is 5.91 Å². The molecule has 3 aromatic heterocycles. The van der Waals surface area contributed by atoms with Gasteiger partial charge in [-0.1, -0.05) is 11.6 Å². The number of hydrogen-bond acceptors (Lipinski definition) is 5. The molecule has 4 heterocycles. The van der Waals surface area contributed by atoms with Crippen LogP contribution in [-0.2, 0) is 13.6 Å². The summed E-state index contributed by atoms with van der Waals surface area (Å²) in [6.45, 7) is 1.46. The smallest absolute Gasteiger partial charge is 0.267 e. The van der Waals surface area contributed by atoms with E-state index in [1.165, 1.54) is 0 Å². The van der Waals surface area contributed by atoms with Crippen molar-refractivity contribution in [2.45, 2.75) is 13.0 Å². The van der Waals surface area contributed by atoms with E-state index in [1.54, 1.807) is 17.1 Å². The molecule has 0 aliphatic carbocycles. The Kier molecular flexibility index (Phi) is 3.89. The van der Waals surface area contributed by atoms with Crippen LogP contribution in [0, 0.1) is 0 Å². The first-order chi connectivity index (χ1) is 12.1. The van der Waals surface area contributed by atoms with Crippen LogP contribution in [-0.4, -0.2) is 36.8 Å². The third-order valence-corrected chi connectivity index (χ3v) is 4.35. The van der Waals surface area contributed by atoms with Crippen LogP contribution in [0.5, 0.6) is 0 Å². The molecule has 0 spiro atoms. The minimum Gasteiger partial charge on any atom is -0.351 e. The number of aryl methyl sites for hydroxylation is 2. The van der Waals surface area contributed by atoms with E-state index in [0.717, 1.165) is 24.3 Å².